The molecule has 1 aromatic carbocycles. The average molecular weight is 285 g/mol. The summed E-state index contributed by atoms with van der Waals surface area (Å²) in [7, 11) is 1.69. The highest BCUT2D eigenvalue weighted by molar-refractivity contribution is 5.92. The van der Waals surface area contributed by atoms with Crippen LogP contribution < -0.4 is 15.8 Å². The van der Waals surface area contributed by atoms with Crippen LogP contribution in [0.2, 0.25) is 0 Å². The van der Waals surface area contributed by atoms with Gasteiger partial charge >= 0.3 is 0 Å². The second kappa shape index (κ2) is 6.31. The topological polar surface area (TPSA) is 60.2 Å². The Labute approximate surface area is 125 Å². The molecule has 0 radical (unpaired) electrons. The number of ether oxygens (including phenoxy) is 1. The van der Waals surface area contributed by atoms with Crippen molar-refractivity contribution in [3.63, 3.8) is 0 Å². The lowest BCUT2D eigenvalue weighted by atomic mass is 9.96. The SMILES string of the molecule is COc1ccc2ccnc(NCC3CCCC3CN)c2c1. The van der Waals surface area contributed by atoms with Gasteiger partial charge in [0, 0.05) is 18.1 Å². The highest BCUT2D eigenvalue weighted by Gasteiger charge is 2.25. The second-order valence-corrected chi connectivity index (χ2v) is 5.81. The third-order valence-electron chi connectivity index (χ3n) is 4.62. The molecule has 1 heterocycles. The average Bonchev–Trinajstić information content (AvgIpc) is 2.99. The standard InChI is InChI=1S/C17H23N3O/c1-21-15-6-5-12-7-8-19-17(16(12)9-15)20-11-14-4-2-3-13(14)10-18/h5-9,13-14H,2-4,10-11,18H2,1H3,(H,19,20). The summed E-state index contributed by atoms with van der Waals surface area (Å²) in [5.74, 6) is 3.12. The van der Waals surface area contributed by atoms with Gasteiger partial charge in [-0.1, -0.05) is 12.5 Å². The number of hydrogen-bond acceptors (Lipinski definition) is 4. The summed E-state index contributed by atoms with van der Waals surface area (Å²) in [5, 5.41) is 5.81. The van der Waals surface area contributed by atoms with E-state index >= 15 is 0 Å². The van der Waals surface area contributed by atoms with Crippen molar-refractivity contribution in [1.82, 2.24) is 4.98 Å². The van der Waals surface area contributed by atoms with Crippen molar-refractivity contribution < 1.29 is 4.74 Å². The Kier molecular flexibility index (Phi) is 4.25. The summed E-state index contributed by atoms with van der Waals surface area (Å²) in [6.45, 7) is 1.74. The molecule has 0 aliphatic heterocycles. The van der Waals surface area contributed by atoms with Crippen molar-refractivity contribution in [2.75, 3.05) is 25.5 Å². The van der Waals surface area contributed by atoms with Gasteiger partial charge in [0.25, 0.3) is 0 Å². The van der Waals surface area contributed by atoms with Crippen molar-refractivity contribution in [2.45, 2.75) is 19.3 Å². The third-order valence-corrected chi connectivity index (χ3v) is 4.62. The Balaban J connectivity index is 1.80. The summed E-state index contributed by atoms with van der Waals surface area (Å²) in [4.78, 5) is 4.50. The number of aromatic nitrogens is 1. The van der Waals surface area contributed by atoms with Crippen molar-refractivity contribution in [3.8, 4) is 5.75 Å². The molecule has 0 bridgehead atoms. The van der Waals surface area contributed by atoms with Gasteiger partial charge in [0.05, 0.1) is 7.11 Å². The first-order valence-electron chi connectivity index (χ1n) is 7.68. The van der Waals surface area contributed by atoms with E-state index in [4.69, 9.17) is 10.5 Å². The minimum absolute atomic E-state index is 0.655. The van der Waals surface area contributed by atoms with Crippen LogP contribution in [0.5, 0.6) is 5.75 Å². The molecule has 2 unspecified atom stereocenters. The van der Waals surface area contributed by atoms with Gasteiger partial charge in [-0.15, -0.1) is 0 Å². The van der Waals surface area contributed by atoms with Crippen LogP contribution in [0.1, 0.15) is 19.3 Å². The van der Waals surface area contributed by atoms with E-state index in [1.165, 1.54) is 24.6 Å². The van der Waals surface area contributed by atoms with Crippen LogP contribution in [0.3, 0.4) is 0 Å². The predicted octanol–water partition coefficient (Wildman–Crippen LogP) is 3.03. The lowest BCUT2D eigenvalue weighted by Gasteiger charge is -2.19. The minimum atomic E-state index is 0.655. The molecule has 3 N–H and O–H groups in total. The molecule has 0 spiro atoms. The minimum Gasteiger partial charge on any atom is -0.497 e. The number of nitrogens with one attached hydrogen (secondary N) is 1. The van der Waals surface area contributed by atoms with Crippen molar-refractivity contribution in [2.24, 2.45) is 17.6 Å². The molecule has 112 valence electrons. The number of anilines is 1. The molecule has 21 heavy (non-hydrogen) atoms. The normalized spacial score (nSPS) is 21.6. The Hall–Kier alpha value is -1.81. The van der Waals surface area contributed by atoms with Crippen LogP contribution in [0.4, 0.5) is 5.82 Å². The Bertz CT molecular complexity index is 614. The largest absolute Gasteiger partial charge is 0.497 e. The monoisotopic (exact) mass is 285 g/mol. The number of nitrogens with two attached hydrogens (primary N) is 1. The molecule has 2 atom stereocenters. The first kappa shape index (κ1) is 14.1. The number of nitrogens with zero attached hydrogens (tertiary/aromatic N) is 1. The van der Waals surface area contributed by atoms with Crippen LogP contribution in [0, 0.1) is 11.8 Å². The second-order valence-electron chi connectivity index (χ2n) is 5.81. The lowest BCUT2D eigenvalue weighted by Crippen LogP contribution is -2.24. The van der Waals surface area contributed by atoms with E-state index in [1.54, 1.807) is 7.11 Å². The smallest absolute Gasteiger partial charge is 0.133 e. The molecule has 1 fully saturated rings. The maximum absolute atomic E-state index is 5.86. The molecule has 1 aromatic heterocycles. The summed E-state index contributed by atoms with van der Waals surface area (Å²) >= 11 is 0. The zero-order valence-corrected chi connectivity index (χ0v) is 12.5. The van der Waals surface area contributed by atoms with E-state index in [9.17, 15) is 0 Å². The van der Waals surface area contributed by atoms with Gasteiger partial charge in [-0.3, -0.25) is 0 Å². The zero-order chi connectivity index (χ0) is 14.7. The highest BCUT2D eigenvalue weighted by atomic mass is 16.5. The molecule has 2 aromatic rings. The molecular formula is C17H23N3O. The first-order valence-corrected chi connectivity index (χ1v) is 7.68. The lowest BCUT2D eigenvalue weighted by molar-refractivity contribution is 0.414. The summed E-state index contributed by atoms with van der Waals surface area (Å²) < 4.78 is 5.32. The first-order chi connectivity index (χ1) is 10.3. The number of benzene rings is 1. The molecule has 0 saturated heterocycles. The van der Waals surface area contributed by atoms with Gasteiger partial charge in [-0.2, -0.15) is 0 Å². The van der Waals surface area contributed by atoms with E-state index in [2.05, 4.69) is 16.4 Å². The fraction of sp³-hybridized carbons (Fsp3) is 0.471. The van der Waals surface area contributed by atoms with Gasteiger partial charge in [0.2, 0.25) is 0 Å². The van der Waals surface area contributed by atoms with Crippen LogP contribution in [0.25, 0.3) is 10.8 Å². The number of fused-ring (bicyclic) bond motifs is 1. The maximum atomic E-state index is 5.86. The van der Waals surface area contributed by atoms with Gasteiger partial charge in [0.15, 0.2) is 0 Å². The number of pyridine rings is 1. The van der Waals surface area contributed by atoms with Crippen LogP contribution >= 0.6 is 0 Å². The van der Waals surface area contributed by atoms with Crippen molar-refractivity contribution in [1.29, 1.82) is 0 Å². The fourth-order valence-corrected chi connectivity index (χ4v) is 3.34. The van der Waals surface area contributed by atoms with Gasteiger partial charge < -0.3 is 15.8 Å². The van der Waals surface area contributed by atoms with E-state index in [0.717, 1.165) is 30.0 Å². The molecule has 1 aliphatic rings. The number of rotatable bonds is 5. The predicted molar refractivity (Wildman–Crippen MR) is 86.7 cm³/mol. The molecule has 3 rings (SSSR count). The van der Waals surface area contributed by atoms with Gasteiger partial charge in [-0.25, -0.2) is 4.98 Å². The van der Waals surface area contributed by atoms with E-state index in [-0.39, 0.29) is 0 Å². The molecule has 1 saturated carbocycles. The van der Waals surface area contributed by atoms with Crippen LogP contribution in [-0.2, 0) is 0 Å². The third kappa shape index (κ3) is 2.95. The number of methoxy groups -OCH3 is 1. The highest BCUT2D eigenvalue weighted by Crippen LogP contribution is 2.32. The molecule has 1 aliphatic carbocycles. The Morgan fingerprint density at radius 2 is 2.14 bits per heavy atom. The summed E-state index contributed by atoms with van der Waals surface area (Å²) in [6.07, 6.45) is 5.68. The van der Waals surface area contributed by atoms with Crippen LogP contribution in [-0.4, -0.2) is 25.2 Å². The summed E-state index contributed by atoms with van der Waals surface area (Å²) in [5.41, 5.74) is 5.86. The number of hydrogen-bond donors (Lipinski definition) is 2. The molecule has 4 heteroatoms. The molecule has 4 nitrogen and oxygen atoms in total. The Morgan fingerprint density at radius 1 is 1.29 bits per heavy atom. The molecule has 0 amide bonds. The summed E-state index contributed by atoms with van der Waals surface area (Å²) in [6, 6.07) is 8.12. The fourth-order valence-electron chi connectivity index (χ4n) is 3.34. The van der Waals surface area contributed by atoms with E-state index in [0.29, 0.717) is 11.8 Å². The van der Waals surface area contributed by atoms with Crippen molar-refractivity contribution in [3.05, 3.63) is 30.5 Å². The van der Waals surface area contributed by atoms with E-state index in [1.807, 2.05) is 24.4 Å². The Morgan fingerprint density at radius 3 is 2.95 bits per heavy atom. The van der Waals surface area contributed by atoms with Crippen molar-refractivity contribution >= 4 is 16.6 Å². The van der Waals surface area contributed by atoms with Crippen LogP contribution in [0.15, 0.2) is 30.5 Å². The zero-order valence-electron chi connectivity index (χ0n) is 12.5. The van der Waals surface area contributed by atoms with E-state index < -0.39 is 0 Å². The molecular weight excluding hydrogens is 262 g/mol. The quantitative estimate of drug-likeness (QED) is 0.886. The van der Waals surface area contributed by atoms with Gasteiger partial charge in [0.1, 0.15) is 11.6 Å². The van der Waals surface area contributed by atoms with Gasteiger partial charge in [-0.05, 0) is 54.8 Å². The maximum Gasteiger partial charge on any atom is 0.133 e.